The number of rotatable bonds is 3. The van der Waals surface area contributed by atoms with Gasteiger partial charge in [-0.05, 0) is 29.8 Å². The molecule has 0 aliphatic carbocycles. The highest BCUT2D eigenvalue weighted by Gasteiger charge is 2.42. The molecule has 2 unspecified atom stereocenters. The van der Waals surface area contributed by atoms with Crippen LogP contribution in [0.15, 0.2) is 42.7 Å². The first kappa shape index (κ1) is 16.9. The van der Waals surface area contributed by atoms with Crippen LogP contribution in [-0.4, -0.2) is 28.7 Å². The van der Waals surface area contributed by atoms with Gasteiger partial charge in [0.15, 0.2) is 0 Å². The average molecular weight is 355 g/mol. The van der Waals surface area contributed by atoms with E-state index in [1.165, 1.54) is 6.07 Å². The second-order valence-electron chi connectivity index (χ2n) is 5.84. The molecule has 2 amide bonds. The van der Waals surface area contributed by atoms with Gasteiger partial charge in [0.1, 0.15) is 6.07 Å². The van der Waals surface area contributed by atoms with Crippen molar-refractivity contribution in [2.75, 3.05) is 12.4 Å². The van der Waals surface area contributed by atoms with E-state index >= 15 is 0 Å². The molecule has 0 spiro atoms. The number of pyridine rings is 1. The van der Waals surface area contributed by atoms with E-state index in [0.29, 0.717) is 11.3 Å². The van der Waals surface area contributed by atoms with E-state index < -0.39 is 5.92 Å². The Bertz CT molecular complexity index is 863. The molecule has 7 heteroatoms. The zero-order valence-electron chi connectivity index (χ0n) is 13.4. The normalized spacial score (nSPS) is 19.6. The predicted octanol–water partition coefficient (Wildman–Crippen LogP) is 2.76. The lowest BCUT2D eigenvalue weighted by molar-refractivity contribution is -0.127. The Morgan fingerprint density at radius 1 is 1.44 bits per heavy atom. The van der Waals surface area contributed by atoms with Gasteiger partial charge in [0.25, 0.3) is 0 Å². The maximum Gasteiger partial charge on any atom is 0.230 e. The number of anilines is 1. The van der Waals surface area contributed by atoms with Crippen LogP contribution < -0.4 is 5.32 Å². The standard InChI is InChI=1S/C18H15ClN4O2/c1-23-16(24)8-14(17(23)12-3-2-6-21-10-12)18(25)22-13-5-4-11(9-20)15(19)7-13/h2-7,10,14,17H,8H2,1H3,(H,22,25). The topological polar surface area (TPSA) is 86.1 Å². The van der Waals surface area contributed by atoms with Gasteiger partial charge in [-0.25, -0.2) is 0 Å². The molecule has 2 atom stereocenters. The smallest absolute Gasteiger partial charge is 0.230 e. The number of likely N-dealkylation sites (tertiary alicyclic amines) is 1. The highest BCUT2D eigenvalue weighted by atomic mass is 35.5. The van der Waals surface area contributed by atoms with Crippen LogP contribution >= 0.6 is 11.6 Å². The third-order valence-corrected chi connectivity index (χ3v) is 4.62. The van der Waals surface area contributed by atoms with Gasteiger partial charge in [0.05, 0.1) is 22.5 Å². The third kappa shape index (κ3) is 3.32. The van der Waals surface area contributed by atoms with Gasteiger partial charge in [0, 0.05) is 31.5 Å². The first-order valence-electron chi connectivity index (χ1n) is 7.67. The lowest BCUT2D eigenvalue weighted by Crippen LogP contribution is -2.30. The van der Waals surface area contributed by atoms with Crippen molar-refractivity contribution in [2.24, 2.45) is 5.92 Å². The molecular weight excluding hydrogens is 340 g/mol. The molecule has 3 rings (SSSR count). The molecule has 1 fully saturated rings. The molecule has 1 aliphatic heterocycles. The minimum absolute atomic E-state index is 0.0909. The van der Waals surface area contributed by atoms with Crippen molar-refractivity contribution < 1.29 is 9.59 Å². The fraction of sp³-hybridized carbons (Fsp3) is 0.222. The molecule has 1 aliphatic rings. The molecule has 6 nitrogen and oxygen atoms in total. The van der Waals surface area contributed by atoms with E-state index in [1.807, 2.05) is 12.1 Å². The van der Waals surface area contributed by atoms with Crippen LogP contribution in [0.4, 0.5) is 5.69 Å². The van der Waals surface area contributed by atoms with Crippen molar-refractivity contribution in [3.8, 4) is 6.07 Å². The number of hydrogen-bond donors (Lipinski definition) is 1. The van der Waals surface area contributed by atoms with Gasteiger partial charge >= 0.3 is 0 Å². The Kier molecular flexibility index (Phi) is 4.68. The number of nitrogens with one attached hydrogen (secondary N) is 1. The van der Waals surface area contributed by atoms with Crippen molar-refractivity contribution in [3.05, 3.63) is 58.9 Å². The summed E-state index contributed by atoms with van der Waals surface area (Å²) in [5.41, 5.74) is 1.64. The zero-order chi connectivity index (χ0) is 18.0. The highest BCUT2D eigenvalue weighted by Crippen LogP contribution is 2.37. The van der Waals surface area contributed by atoms with Gasteiger partial charge in [-0.15, -0.1) is 0 Å². The second kappa shape index (κ2) is 6.91. The number of nitrogens with zero attached hydrogens (tertiary/aromatic N) is 3. The Balaban J connectivity index is 1.84. The summed E-state index contributed by atoms with van der Waals surface area (Å²) in [6.45, 7) is 0. The number of nitriles is 1. The molecule has 0 saturated carbocycles. The summed E-state index contributed by atoms with van der Waals surface area (Å²) in [6.07, 6.45) is 3.44. The van der Waals surface area contributed by atoms with Crippen LogP contribution in [0.3, 0.4) is 0 Å². The quantitative estimate of drug-likeness (QED) is 0.918. The summed E-state index contributed by atoms with van der Waals surface area (Å²) >= 11 is 6.00. The van der Waals surface area contributed by atoms with E-state index in [1.54, 1.807) is 42.5 Å². The Morgan fingerprint density at radius 2 is 2.24 bits per heavy atom. The maximum absolute atomic E-state index is 12.7. The van der Waals surface area contributed by atoms with Gasteiger partial charge in [-0.3, -0.25) is 14.6 Å². The molecule has 126 valence electrons. The summed E-state index contributed by atoms with van der Waals surface area (Å²) < 4.78 is 0. The number of carbonyl (C=O) groups is 2. The molecular formula is C18H15ClN4O2. The van der Waals surface area contributed by atoms with Crippen molar-refractivity contribution in [1.29, 1.82) is 5.26 Å². The molecule has 0 bridgehead atoms. The van der Waals surface area contributed by atoms with Crippen LogP contribution in [-0.2, 0) is 9.59 Å². The number of halogens is 1. The molecule has 0 radical (unpaired) electrons. The largest absolute Gasteiger partial charge is 0.338 e. The van der Waals surface area contributed by atoms with Crippen molar-refractivity contribution >= 4 is 29.1 Å². The molecule has 1 aromatic heterocycles. The van der Waals surface area contributed by atoms with Crippen LogP contribution in [0.5, 0.6) is 0 Å². The average Bonchev–Trinajstić information content (AvgIpc) is 2.91. The van der Waals surface area contributed by atoms with Gasteiger partial charge in [-0.2, -0.15) is 5.26 Å². The minimum Gasteiger partial charge on any atom is -0.338 e. The Morgan fingerprint density at radius 3 is 2.88 bits per heavy atom. The van der Waals surface area contributed by atoms with E-state index in [9.17, 15) is 9.59 Å². The summed E-state index contributed by atoms with van der Waals surface area (Å²) in [4.78, 5) is 30.5. The van der Waals surface area contributed by atoms with Crippen molar-refractivity contribution in [1.82, 2.24) is 9.88 Å². The number of aromatic nitrogens is 1. The number of carbonyl (C=O) groups excluding carboxylic acids is 2. The van der Waals surface area contributed by atoms with E-state index in [4.69, 9.17) is 16.9 Å². The van der Waals surface area contributed by atoms with Crippen molar-refractivity contribution in [3.63, 3.8) is 0 Å². The SMILES string of the molecule is CN1C(=O)CC(C(=O)Nc2ccc(C#N)c(Cl)c2)C1c1cccnc1. The fourth-order valence-corrected chi connectivity index (χ4v) is 3.25. The first-order valence-corrected chi connectivity index (χ1v) is 8.05. The van der Waals surface area contributed by atoms with Gasteiger partial charge < -0.3 is 10.2 Å². The monoisotopic (exact) mass is 354 g/mol. The lowest BCUT2D eigenvalue weighted by atomic mass is 9.94. The zero-order valence-corrected chi connectivity index (χ0v) is 14.2. The summed E-state index contributed by atoms with van der Waals surface area (Å²) in [5.74, 6) is -0.893. The van der Waals surface area contributed by atoms with Crippen molar-refractivity contribution in [2.45, 2.75) is 12.5 Å². The van der Waals surface area contributed by atoms with Crippen LogP contribution in [0.2, 0.25) is 5.02 Å². The minimum atomic E-state index is -0.531. The molecule has 2 heterocycles. The number of benzene rings is 1. The van der Waals surface area contributed by atoms with Crippen LogP contribution in [0.1, 0.15) is 23.6 Å². The maximum atomic E-state index is 12.7. The second-order valence-corrected chi connectivity index (χ2v) is 6.25. The van der Waals surface area contributed by atoms with Gasteiger partial charge in [0.2, 0.25) is 11.8 Å². The number of amides is 2. The van der Waals surface area contributed by atoms with Crippen LogP contribution in [0.25, 0.3) is 0 Å². The summed E-state index contributed by atoms with van der Waals surface area (Å²) in [7, 11) is 1.69. The first-order chi connectivity index (χ1) is 12.0. The van der Waals surface area contributed by atoms with E-state index in [0.717, 1.165) is 5.56 Å². The van der Waals surface area contributed by atoms with Gasteiger partial charge in [-0.1, -0.05) is 17.7 Å². The fourth-order valence-electron chi connectivity index (χ4n) is 3.03. The van der Waals surface area contributed by atoms with E-state index in [2.05, 4.69) is 10.3 Å². The third-order valence-electron chi connectivity index (χ3n) is 4.31. The number of hydrogen-bond acceptors (Lipinski definition) is 4. The Labute approximate surface area is 150 Å². The predicted molar refractivity (Wildman–Crippen MR) is 92.7 cm³/mol. The Hall–Kier alpha value is -2.91. The summed E-state index contributed by atoms with van der Waals surface area (Å²) in [6, 6.07) is 9.92. The lowest BCUT2D eigenvalue weighted by Gasteiger charge is -2.24. The molecule has 2 aromatic rings. The van der Waals surface area contributed by atoms with Crippen LogP contribution in [0, 0.1) is 17.2 Å². The molecule has 25 heavy (non-hydrogen) atoms. The van der Waals surface area contributed by atoms with E-state index in [-0.39, 0.29) is 29.3 Å². The molecule has 1 N–H and O–H groups in total. The highest BCUT2D eigenvalue weighted by molar-refractivity contribution is 6.32. The summed E-state index contributed by atoms with van der Waals surface area (Å²) in [5, 5.41) is 12.0. The molecule has 1 saturated heterocycles. The molecule has 1 aromatic carbocycles.